The molecule has 11 heteroatoms. The van der Waals surface area contributed by atoms with Crippen molar-refractivity contribution >= 4 is 27.9 Å². The van der Waals surface area contributed by atoms with Crippen molar-refractivity contribution in [3.8, 4) is 17.5 Å². The van der Waals surface area contributed by atoms with Crippen LogP contribution in [0.25, 0.3) is 17.1 Å². The maximum atomic E-state index is 13.8. The van der Waals surface area contributed by atoms with Crippen LogP contribution in [0, 0.1) is 22.7 Å². The summed E-state index contributed by atoms with van der Waals surface area (Å²) in [6.07, 6.45) is -0.898. The number of amides is 1. The maximum Gasteiger partial charge on any atom is 0.433 e. The Morgan fingerprint density at radius 2 is 2.08 bits per heavy atom. The molecule has 5 rings (SSSR count). The van der Waals surface area contributed by atoms with Crippen LogP contribution in [-0.2, 0) is 19.0 Å². The van der Waals surface area contributed by atoms with Gasteiger partial charge in [-0.3, -0.25) is 4.79 Å². The summed E-state index contributed by atoms with van der Waals surface area (Å²) in [5.74, 6) is -0.102. The van der Waals surface area contributed by atoms with Gasteiger partial charge in [-0.25, -0.2) is 9.50 Å². The zero-order valence-corrected chi connectivity index (χ0v) is 20.5. The molecule has 0 aliphatic heterocycles. The Balaban J connectivity index is 1.49. The van der Waals surface area contributed by atoms with E-state index in [2.05, 4.69) is 42.2 Å². The van der Waals surface area contributed by atoms with Gasteiger partial charge in [0.05, 0.1) is 11.8 Å². The first-order valence-corrected chi connectivity index (χ1v) is 12.1. The number of nitriles is 1. The Kier molecular flexibility index (Phi) is 5.67. The van der Waals surface area contributed by atoms with Gasteiger partial charge >= 0.3 is 6.18 Å². The van der Waals surface area contributed by atoms with Crippen LogP contribution in [0.15, 0.2) is 34.9 Å². The highest BCUT2D eigenvalue weighted by atomic mass is 32.1. The molecule has 1 amide bonds. The highest BCUT2D eigenvalue weighted by molar-refractivity contribution is 7.16. The van der Waals surface area contributed by atoms with Crippen LogP contribution < -0.4 is 5.32 Å². The molecule has 36 heavy (non-hydrogen) atoms. The van der Waals surface area contributed by atoms with E-state index in [0.717, 1.165) is 35.8 Å². The largest absolute Gasteiger partial charge is 0.463 e. The van der Waals surface area contributed by atoms with Gasteiger partial charge < -0.3 is 9.73 Å². The molecule has 1 atom stereocenters. The lowest BCUT2D eigenvalue weighted by molar-refractivity contribution is -0.142. The minimum Gasteiger partial charge on any atom is -0.463 e. The van der Waals surface area contributed by atoms with Crippen LogP contribution >= 0.6 is 11.3 Å². The number of alkyl halides is 3. The Bertz CT molecular complexity index is 1500. The number of furan rings is 1. The predicted molar refractivity (Wildman–Crippen MR) is 128 cm³/mol. The standard InChI is InChI=1S/C25H22F3N5O2S/c1-24(2,3)13-6-7-14-15(12-29)23(36-19(14)9-13)31-22(34)17-11-21-30-16(18-5-4-8-35-18)10-20(25(26,27)28)33(21)32-17/h4-5,8,10-11,13H,6-7,9H2,1-3H3,(H,31,34). The van der Waals surface area contributed by atoms with Gasteiger partial charge in [-0.15, -0.1) is 11.3 Å². The van der Waals surface area contributed by atoms with Crippen LogP contribution in [0.4, 0.5) is 18.2 Å². The quantitative estimate of drug-likeness (QED) is 0.345. The van der Waals surface area contributed by atoms with Crippen molar-refractivity contribution in [1.82, 2.24) is 14.6 Å². The van der Waals surface area contributed by atoms with E-state index in [0.29, 0.717) is 21.0 Å². The Morgan fingerprint density at radius 3 is 2.72 bits per heavy atom. The fraction of sp³-hybridized carbons (Fsp3) is 0.360. The summed E-state index contributed by atoms with van der Waals surface area (Å²) in [7, 11) is 0. The Hall–Kier alpha value is -3.65. The summed E-state index contributed by atoms with van der Waals surface area (Å²) in [5.41, 5.74) is -0.0429. The molecule has 4 aromatic heterocycles. The molecule has 0 saturated heterocycles. The minimum atomic E-state index is -4.74. The molecule has 1 aliphatic rings. The highest BCUT2D eigenvalue weighted by Crippen LogP contribution is 2.44. The molecule has 0 saturated carbocycles. The van der Waals surface area contributed by atoms with Gasteiger partial charge in [0.15, 0.2) is 22.8 Å². The van der Waals surface area contributed by atoms with Crippen LogP contribution in [0.2, 0.25) is 0 Å². The Morgan fingerprint density at radius 1 is 1.31 bits per heavy atom. The van der Waals surface area contributed by atoms with Gasteiger partial charge in [0, 0.05) is 10.9 Å². The number of fused-ring (bicyclic) bond motifs is 2. The van der Waals surface area contributed by atoms with E-state index < -0.39 is 17.8 Å². The van der Waals surface area contributed by atoms with Crippen molar-refractivity contribution in [3.63, 3.8) is 0 Å². The average Bonchev–Trinajstić information content (AvgIpc) is 3.54. The van der Waals surface area contributed by atoms with E-state index >= 15 is 0 Å². The van der Waals surface area contributed by atoms with Crippen molar-refractivity contribution in [2.24, 2.45) is 11.3 Å². The molecule has 1 unspecified atom stereocenters. The van der Waals surface area contributed by atoms with Crippen molar-refractivity contribution < 1.29 is 22.4 Å². The molecular formula is C25H22F3N5O2S. The molecule has 4 aromatic rings. The molecule has 186 valence electrons. The van der Waals surface area contributed by atoms with E-state index in [4.69, 9.17) is 4.42 Å². The summed E-state index contributed by atoms with van der Waals surface area (Å²) in [6, 6.07) is 7.24. The molecule has 7 nitrogen and oxygen atoms in total. The molecule has 0 radical (unpaired) electrons. The third kappa shape index (κ3) is 4.26. The SMILES string of the molecule is CC(C)(C)C1CCc2c(sc(NC(=O)c3cc4nc(-c5ccco5)cc(C(F)(F)F)n4n3)c2C#N)C1. The molecule has 0 aromatic carbocycles. The van der Waals surface area contributed by atoms with E-state index in [-0.39, 0.29) is 28.2 Å². The molecule has 4 heterocycles. The lowest BCUT2D eigenvalue weighted by Gasteiger charge is -2.33. The van der Waals surface area contributed by atoms with Crippen LogP contribution in [0.1, 0.15) is 59.4 Å². The molecule has 0 spiro atoms. The summed E-state index contributed by atoms with van der Waals surface area (Å²) in [5, 5.41) is 16.8. The molecule has 0 fully saturated rings. The lowest BCUT2D eigenvalue weighted by Crippen LogP contribution is -2.26. The molecular weight excluding hydrogens is 491 g/mol. The number of aromatic nitrogens is 3. The van der Waals surface area contributed by atoms with E-state index in [1.54, 1.807) is 6.07 Å². The van der Waals surface area contributed by atoms with Gasteiger partial charge in [-0.05, 0) is 54.4 Å². The molecule has 0 bridgehead atoms. The topological polar surface area (TPSA) is 96.2 Å². The summed E-state index contributed by atoms with van der Waals surface area (Å²) in [4.78, 5) is 18.3. The summed E-state index contributed by atoms with van der Waals surface area (Å²) in [6.45, 7) is 6.57. The Labute approximate surface area is 208 Å². The minimum absolute atomic E-state index is 0.0298. The van der Waals surface area contributed by atoms with Crippen molar-refractivity contribution in [2.45, 2.75) is 46.2 Å². The van der Waals surface area contributed by atoms with Gasteiger partial charge in [0.2, 0.25) is 0 Å². The number of carbonyl (C=O) groups excluding carboxylic acids is 1. The number of thiophene rings is 1. The normalized spacial score (nSPS) is 16.1. The first-order chi connectivity index (χ1) is 17.0. The lowest BCUT2D eigenvalue weighted by atomic mass is 9.72. The number of anilines is 1. The third-order valence-corrected chi connectivity index (χ3v) is 7.72. The van der Waals surface area contributed by atoms with Crippen LogP contribution in [-0.4, -0.2) is 20.5 Å². The monoisotopic (exact) mass is 513 g/mol. The fourth-order valence-corrected chi connectivity index (χ4v) is 5.81. The second-order valence-electron chi connectivity index (χ2n) is 9.88. The van der Waals surface area contributed by atoms with Crippen LogP contribution in [0.5, 0.6) is 0 Å². The highest BCUT2D eigenvalue weighted by Gasteiger charge is 2.36. The van der Waals surface area contributed by atoms with Gasteiger partial charge in [-0.2, -0.15) is 23.5 Å². The number of hydrogen-bond acceptors (Lipinski definition) is 6. The zero-order valence-electron chi connectivity index (χ0n) is 19.7. The van der Waals surface area contributed by atoms with Crippen molar-refractivity contribution in [1.29, 1.82) is 5.26 Å². The number of carbonyl (C=O) groups is 1. The number of halogens is 3. The van der Waals surface area contributed by atoms with E-state index in [1.165, 1.54) is 29.7 Å². The number of nitrogens with zero attached hydrogens (tertiary/aromatic N) is 4. The fourth-order valence-electron chi connectivity index (χ4n) is 4.54. The third-order valence-electron chi connectivity index (χ3n) is 6.55. The summed E-state index contributed by atoms with van der Waals surface area (Å²) < 4.78 is 47.2. The first-order valence-electron chi connectivity index (χ1n) is 11.3. The van der Waals surface area contributed by atoms with Crippen molar-refractivity contribution in [2.75, 3.05) is 5.32 Å². The van der Waals surface area contributed by atoms with Gasteiger partial charge in [0.1, 0.15) is 16.8 Å². The number of rotatable bonds is 3. The van der Waals surface area contributed by atoms with E-state index in [9.17, 15) is 23.2 Å². The summed E-state index contributed by atoms with van der Waals surface area (Å²) >= 11 is 1.35. The second kappa shape index (κ2) is 8.48. The van der Waals surface area contributed by atoms with Gasteiger partial charge in [-0.1, -0.05) is 20.8 Å². The second-order valence-corrected chi connectivity index (χ2v) is 11.0. The maximum absolute atomic E-state index is 13.8. The van der Waals surface area contributed by atoms with E-state index in [1.807, 2.05) is 0 Å². The van der Waals surface area contributed by atoms with Crippen molar-refractivity contribution in [3.05, 3.63) is 57.9 Å². The smallest absolute Gasteiger partial charge is 0.433 e. The molecule has 1 N–H and O–H groups in total. The average molecular weight is 514 g/mol. The zero-order chi connectivity index (χ0) is 25.8. The number of nitrogens with one attached hydrogen (secondary N) is 1. The first kappa shape index (κ1) is 24.1. The van der Waals surface area contributed by atoms with Gasteiger partial charge in [0.25, 0.3) is 5.91 Å². The number of hydrogen-bond donors (Lipinski definition) is 1. The predicted octanol–water partition coefficient (Wildman–Crippen LogP) is 6.34. The van der Waals surface area contributed by atoms with Crippen LogP contribution in [0.3, 0.4) is 0 Å². The molecule has 1 aliphatic carbocycles.